The highest BCUT2D eigenvalue weighted by molar-refractivity contribution is 5.97. The van der Waals surface area contributed by atoms with Gasteiger partial charge < -0.3 is 19.5 Å². The Bertz CT molecular complexity index is 924. The average molecular weight is 347 g/mol. The molecule has 1 aliphatic heterocycles. The lowest BCUT2D eigenvalue weighted by atomic mass is 10.1. The third kappa shape index (κ3) is 3.47. The Balaban J connectivity index is 1.46. The molecule has 0 atom stereocenters. The molecule has 0 saturated heterocycles. The van der Waals surface area contributed by atoms with Gasteiger partial charge in [-0.05, 0) is 42.0 Å². The fraction of sp³-hybridized carbons (Fsp3) is 0.0952. The quantitative estimate of drug-likeness (QED) is 0.754. The molecule has 1 aliphatic rings. The van der Waals surface area contributed by atoms with Gasteiger partial charge in [-0.3, -0.25) is 4.79 Å². The number of rotatable bonds is 5. The third-order valence-corrected chi connectivity index (χ3v) is 3.99. The van der Waals surface area contributed by atoms with Crippen molar-refractivity contribution in [1.29, 1.82) is 0 Å². The number of carbonyl (C=O) groups is 1. The molecule has 0 fully saturated rings. The first-order chi connectivity index (χ1) is 12.8. The monoisotopic (exact) mass is 347 g/mol. The summed E-state index contributed by atoms with van der Waals surface area (Å²) in [5.41, 5.74) is 1.42. The van der Waals surface area contributed by atoms with E-state index in [-0.39, 0.29) is 12.7 Å². The van der Waals surface area contributed by atoms with Crippen LogP contribution in [0.2, 0.25) is 0 Å². The molecule has 3 aromatic carbocycles. The summed E-state index contributed by atoms with van der Waals surface area (Å²) in [5.74, 6) is 2.42. The van der Waals surface area contributed by atoms with Crippen LogP contribution in [0.25, 0.3) is 0 Å². The van der Waals surface area contributed by atoms with E-state index in [0.29, 0.717) is 29.4 Å². The fourth-order valence-corrected chi connectivity index (χ4v) is 2.69. The van der Waals surface area contributed by atoms with E-state index in [1.807, 2.05) is 60.7 Å². The van der Waals surface area contributed by atoms with E-state index in [1.54, 1.807) is 12.1 Å². The molecule has 1 amide bonds. The molecule has 0 radical (unpaired) electrons. The van der Waals surface area contributed by atoms with Crippen molar-refractivity contribution in [1.82, 2.24) is 5.32 Å². The van der Waals surface area contributed by atoms with E-state index in [2.05, 4.69) is 5.32 Å². The van der Waals surface area contributed by atoms with Crippen molar-refractivity contribution >= 4 is 5.91 Å². The van der Waals surface area contributed by atoms with E-state index in [4.69, 9.17) is 14.2 Å². The summed E-state index contributed by atoms with van der Waals surface area (Å²) in [6, 6.07) is 22.2. The Labute approximate surface area is 151 Å². The standard InChI is InChI=1S/C21H17NO4/c23-21(22-13-15-10-11-19-20(12-15)25-14-24-19)17-8-4-5-9-18(17)26-16-6-2-1-3-7-16/h1-12H,13-14H2,(H,22,23). The molecule has 5 nitrogen and oxygen atoms in total. The number of ether oxygens (including phenoxy) is 3. The second kappa shape index (κ2) is 7.19. The van der Waals surface area contributed by atoms with Crippen molar-refractivity contribution in [3.8, 4) is 23.0 Å². The van der Waals surface area contributed by atoms with Gasteiger partial charge in [-0.25, -0.2) is 0 Å². The highest BCUT2D eigenvalue weighted by Gasteiger charge is 2.15. The van der Waals surface area contributed by atoms with Gasteiger partial charge in [0.1, 0.15) is 11.5 Å². The summed E-state index contributed by atoms with van der Waals surface area (Å²) in [5, 5.41) is 2.92. The SMILES string of the molecule is O=C(NCc1ccc2c(c1)OCO2)c1ccccc1Oc1ccccc1. The van der Waals surface area contributed by atoms with Crippen LogP contribution in [0, 0.1) is 0 Å². The number of fused-ring (bicyclic) bond motifs is 1. The summed E-state index contributed by atoms with van der Waals surface area (Å²) < 4.78 is 16.5. The summed E-state index contributed by atoms with van der Waals surface area (Å²) in [6.07, 6.45) is 0. The van der Waals surface area contributed by atoms with Crippen molar-refractivity contribution in [2.45, 2.75) is 6.54 Å². The van der Waals surface area contributed by atoms with E-state index in [9.17, 15) is 4.79 Å². The zero-order valence-corrected chi connectivity index (χ0v) is 14.0. The molecule has 130 valence electrons. The molecule has 1 heterocycles. The maximum atomic E-state index is 12.6. The van der Waals surface area contributed by atoms with Crippen molar-refractivity contribution in [3.05, 3.63) is 83.9 Å². The Morgan fingerprint density at radius 3 is 2.58 bits per heavy atom. The minimum atomic E-state index is -0.200. The minimum Gasteiger partial charge on any atom is -0.457 e. The van der Waals surface area contributed by atoms with Crippen molar-refractivity contribution < 1.29 is 19.0 Å². The second-order valence-electron chi connectivity index (χ2n) is 5.78. The Morgan fingerprint density at radius 2 is 1.69 bits per heavy atom. The highest BCUT2D eigenvalue weighted by Crippen LogP contribution is 2.32. The molecule has 0 unspecified atom stereocenters. The minimum absolute atomic E-state index is 0.200. The lowest BCUT2D eigenvalue weighted by Crippen LogP contribution is -2.23. The molecule has 0 aliphatic carbocycles. The van der Waals surface area contributed by atoms with Crippen LogP contribution in [0.15, 0.2) is 72.8 Å². The van der Waals surface area contributed by atoms with Gasteiger partial charge >= 0.3 is 0 Å². The van der Waals surface area contributed by atoms with E-state index < -0.39 is 0 Å². The lowest BCUT2D eigenvalue weighted by molar-refractivity contribution is 0.0948. The van der Waals surface area contributed by atoms with Crippen LogP contribution < -0.4 is 19.5 Å². The molecule has 5 heteroatoms. The summed E-state index contributed by atoms with van der Waals surface area (Å²) in [6.45, 7) is 0.616. The van der Waals surface area contributed by atoms with Crippen molar-refractivity contribution in [3.63, 3.8) is 0 Å². The first-order valence-electron chi connectivity index (χ1n) is 8.28. The van der Waals surface area contributed by atoms with Gasteiger partial charge in [0.25, 0.3) is 5.91 Å². The highest BCUT2D eigenvalue weighted by atomic mass is 16.7. The van der Waals surface area contributed by atoms with Gasteiger partial charge in [0.15, 0.2) is 11.5 Å². The number of nitrogens with one attached hydrogen (secondary N) is 1. The largest absolute Gasteiger partial charge is 0.457 e. The van der Waals surface area contributed by atoms with Gasteiger partial charge in [-0.2, -0.15) is 0 Å². The molecule has 1 N–H and O–H groups in total. The second-order valence-corrected chi connectivity index (χ2v) is 5.78. The Hall–Kier alpha value is -3.47. The lowest BCUT2D eigenvalue weighted by Gasteiger charge is -2.11. The van der Waals surface area contributed by atoms with Crippen LogP contribution in [0.5, 0.6) is 23.0 Å². The zero-order valence-electron chi connectivity index (χ0n) is 14.0. The van der Waals surface area contributed by atoms with E-state index in [1.165, 1.54) is 0 Å². The summed E-state index contributed by atoms with van der Waals surface area (Å²) >= 11 is 0. The molecule has 4 rings (SSSR count). The van der Waals surface area contributed by atoms with Crippen LogP contribution in [-0.4, -0.2) is 12.7 Å². The normalized spacial score (nSPS) is 11.8. The van der Waals surface area contributed by atoms with Crippen LogP contribution in [0.4, 0.5) is 0 Å². The maximum Gasteiger partial charge on any atom is 0.255 e. The molecular weight excluding hydrogens is 330 g/mol. The smallest absolute Gasteiger partial charge is 0.255 e. The van der Waals surface area contributed by atoms with Crippen molar-refractivity contribution in [2.75, 3.05) is 6.79 Å². The van der Waals surface area contributed by atoms with Gasteiger partial charge in [0.05, 0.1) is 5.56 Å². The predicted molar refractivity (Wildman–Crippen MR) is 96.7 cm³/mol. The van der Waals surface area contributed by atoms with E-state index >= 15 is 0 Å². The first-order valence-corrected chi connectivity index (χ1v) is 8.28. The average Bonchev–Trinajstić information content (AvgIpc) is 3.15. The van der Waals surface area contributed by atoms with Crippen LogP contribution in [-0.2, 0) is 6.54 Å². The summed E-state index contributed by atoms with van der Waals surface area (Å²) in [7, 11) is 0. The predicted octanol–water partition coefficient (Wildman–Crippen LogP) is 4.14. The number of hydrogen-bond donors (Lipinski definition) is 1. The Morgan fingerprint density at radius 1 is 0.923 bits per heavy atom. The summed E-state index contributed by atoms with van der Waals surface area (Å²) in [4.78, 5) is 12.6. The van der Waals surface area contributed by atoms with Crippen LogP contribution in [0.1, 0.15) is 15.9 Å². The topological polar surface area (TPSA) is 56.8 Å². The van der Waals surface area contributed by atoms with E-state index in [0.717, 1.165) is 11.3 Å². The molecule has 0 saturated carbocycles. The fourth-order valence-electron chi connectivity index (χ4n) is 2.69. The van der Waals surface area contributed by atoms with Gasteiger partial charge in [0, 0.05) is 6.54 Å². The van der Waals surface area contributed by atoms with Crippen LogP contribution in [0.3, 0.4) is 0 Å². The van der Waals surface area contributed by atoms with Gasteiger partial charge in [0.2, 0.25) is 6.79 Å². The number of carbonyl (C=O) groups excluding carboxylic acids is 1. The number of para-hydroxylation sites is 2. The van der Waals surface area contributed by atoms with Crippen LogP contribution >= 0.6 is 0 Å². The zero-order chi connectivity index (χ0) is 17.8. The molecular formula is C21H17NO4. The number of hydrogen-bond acceptors (Lipinski definition) is 4. The molecule has 0 bridgehead atoms. The molecule has 0 aromatic heterocycles. The first kappa shape index (κ1) is 16.0. The van der Waals surface area contributed by atoms with Gasteiger partial charge in [-0.1, -0.05) is 36.4 Å². The number of benzene rings is 3. The van der Waals surface area contributed by atoms with Crippen molar-refractivity contribution in [2.24, 2.45) is 0 Å². The number of amides is 1. The molecule has 3 aromatic rings. The van der Waals surface area contributed by atoms with Gasteiger partial charge in [-0.15, -0.1) is 0 Å². The molecule has 0 spiro atoms. The molecule has 26 heavy (non-hydrogen) atoms. The maximum absolute atomic E-state index is 12.6. The Kier molecular flexibility index (Phi) is 4.43. The third-order valence-electron chi connectivity index (χ3n) is 3.99.